The van der Waals surface area contributed by atoms with Gasteiger partial charge in [-0.05, 0) is 50.1 Å². The van der Waals surface area contributed by atoms with Crippen molar-refractivity contribution in [2.75, 3.05) is 0 Å². The monoisotopic (exact) mass is 454 g/mol. The minimum atomic E-state index is -0.157. The minimum Gasteiger partial charge on any atom is -0.345 e. The van der Waals surface area contributed by atoms with E-state index in [0.29, 0.717) is 17.9 Å². The van der Waals surface area contributed by atoms with Crippen molar-refractivity contribution in [2.45, 2.75) is 46.4 Å². The Hall–Kier alpha value is -3.93. The van der Waals surface area contributed by atoms with Crippen LogP contribution in [0.25, 0.3) is 11.0 Å². The number of hydrogen-bond donors (Lipinski definition) is 1. The molecule has 1 N–H and O–H groups in total. The van der Waals surface area contributed by atoms with E-state index in [2.05, 4.69) is 5.32 Å². The van der Waals surface area contributed by atoms with Crippen molar-refractivity contribution >= 4 is 22.8 Å². The highest BCUT2D eigenvalue weighted by molar-refractivity contribution is 5.95. The lowest BCUT2D eigenvalue weighted by molar-refractivity contribution is -0.134. The molecule has 4 aromatic rings. The average molecular weight is 455 g/mol. The molecule has 4 rings (SSSR count). The summed E-state index contributed by atoms with van der Waals surface area (Å²) in [6, 6.07) is 25.3. The Morgan fingerprint density at radius 1 is 0.941 bits per heavy atom. The van der Waals surface area contributed by atoms with Crippen LogP contribution in [0.1, 0.15) is 41.2 Å². The van der Waals surface area contributed by atoms with E-state index in [1.54, 1.807) is 6.07 Å². The Morgan fingerprint density at radius 3 is 2.35 bits per heavy atom. The predicted molar refractivity (Wildman–Crippen MR) is 134 cm³/mol. The third-order valence-electron chi connectivity index (χ3n) is 5.96. The molecular formula is C28H30N4O2. The molecule has 6 heteroatoms. The summed E-state index contributed by atoms with van der Waals surface area (Å²) < 4.78 is 1.91. The number of aromatic nitrogens is 2. The number of aryl methyl sites for hydroxylation is 1. The summed E-state index contributed by atoms with van der Waals surface area (Å²) in [5.41, 5.74) is 4.31. The molecule has 0 aliphatic heterocycles. The molecule has 1 heterocycles. The van der Waals surface area contributed by atoms with Crippen molar-refractivity contribution in [3.05, 3.63) is 101 Å². The van der Waals surface area contributed by atoms with E-state index in [-0.39, 0.29) is 30.9 Å². The van der Waals surface area contributed by atoms with Gasteiger partial charge in [-0.1, -0.05) is 60.7 Å². The van der Waals surface area contributed by atoms with Gasteiger partial charge in [-0.3, -0.25) is 9.59 Å². The minimum absolute atomic E-state index is 0.00786. The second-order valence-corrected chi connectivity index (χ2v) is 8.70. The SMILES string of the molecule is Cc1ccccc1C(=O)NCc1nc2ccccc2n1CC(=O)N(Cc1ccccc1)C(C)C. The van der Waals surface area contributed by atoms with Crippen LogP contribution in [0.2, 0.25) is 0 Å². The third kappa shape index (κ3) is 5.17. The molecule has 0 unspecified atom stereocenters. The summed E-state index contributed by atoms with van der Waals surface area (Å²) >= 11 is 0. The summed E-state index contributed by atoms with van der Waals surface area (Å²) in [5, 5.41) is 2.98. The maximum absolute atomic E-state index is 13.4. The normalized spacial score (nSPS) is 11.1. The van der Waals surface area contributed by atoms with Crippen molar-refractivity contribution in [1.82, 2.24) is 19.8 Å². The molecule has 0 atom stereocenters. The van der Waals surface area contributed by atoms with E-state index >= 15 is 0 Å². The third-order valence-corrected chi connectivity index (χ3v) is 5.96. The van der Waals surface area contributed by atoms with Gasteiger partial charge in [0.05, 0.1) is 17.6 Å². The summed E-state index contributed by atoms with van der Waals surface area (Å²) in [6.45, 7) is 6.89. The van der Waals surface area contributed by atoms with E-state index in [1.165, 1.54) is 0 Å². The Labute approximate surface area is 200 Å². The van der Waals surface area contributed by atoms with Gasteiger partial charge in [0, 0.05) is 18.2 Å². The molecule has 0 saturated carbocycles. The summed E-state index contributed by atoms with van der Waals surface area (Å²) in [5.74, 6) is 0.504. The first-order valence-electron chi connectivity index (χ1n) is 11.6. The fourth-order valence-electron chi connectivity index (χ4n) is 4.08. The van der Waals surface area contributed by atoms with Crippen molar-refractivity contribution < 1.29 is 9.59 Å². The summed E-state index contributed by atoms with van der Waals surface area (Å²) in [6.07, 6.45) is 0. The van der Waals surface area contributed by atoms with Crippen LogP contribution in [-0.2, 0) is 24.4 Å². The van der Waals surface area contributed by atoms with Crippen molar-refractivity contribution in [2.24, 2.45) is 0 Å². The van der Waals surface area contributed by atoms with Crippen LogP contribution >= 0.6 is 0 Å². The van der Waals surface area contributed by atoms with Gasteiger partial charge in [0.2, 0.25) is 5.91 Å². The molecule has 174 valence electrons. The Kier molecular flexibility index (Phi) is 7.07. The van der Waals surface area contributed by atoms with Crippen molar-refractivity contribution in [3.63, 3.8) is 0 Å². The lowest BCUT2D eigenvalue weighted by atomic mass is 10.1. The molecule has 0 radical (unpaired) electrons. The first kappa shape index (κ1) is 23.2. The number of hydrogen-bond acceptors (Lipinski definition) is 3. The highest BCUT2D eigenvalue weighted by Crippen LogP contribution is 2.18. The van der Waals surface area contributed by atoms with Crippen LogP contribution in [0, 0.1) is 6.92 Å². The lowest BCUT2D eigenvalue weighted by Crippen LogP contribution is -2.39. The van der Waals surface area contributed by atoms with E-state index in [9.17, 15) is 9.59 Å². The number of para-hydroxylation sites is 2. The van der Waals surface area contributed by atoms with E-state index in [0.717, 1.165) is 22.2 Å². The predicted octanol–water partition coefficient (Wildman–Crippen LogP) is 4.71. The van der Waals surface area contributed by atoms with Gasteiger partial charge in [0.15, 0.2) is 0 Å². The number of carbonyl (C=O) groups is 2. The molecule has 0 saturated heterocycles. The highest BCUT2D eigenvalue weighted by atomic mass is 16.2. The second-order valence-electron chi connectivity index (χ2n) is 8.70. The number of amides is 2. The second kappa shape index (κ2) is 10.3. The van der Waals surface area contributed by atoms with Gasteiger partial charge in [0.25, 0.3) is 5.91 Å². The fraction of sp³-hybridized carbons (Fsp3) is 0.250. The van der Waals surface area contributed by atoms with Gasteiger partial charge in [0.1, 0.15) is 12.4 Å². The van der Waals surface area contributed by atoms with Crippen molar-refractivity contribution in [1.29, 1.82) is 0 Å². The average Bonchev–Trinajstić information content (AvgIpc) is 3.19. The fourth-order valence-corrected chi connectivity index (χ4v) is 4.08. The largest absolute Gasteiger partial charge is 0.345 e. The van der Waals surface area contributed by atoms with Crippen LogP contribution in [0.15, 0.2) is 78.9 Å². The molecule has 0 fully saturated rings. The molecule has 0 bridgehead atoms. The molecule has 2 amide bonds. The number of rotatable bonds is 8. The molecule has 6 nitrogen and oxygen atoms in total. The van der Waals surface area contributed by atoms with Gasteiger partial charge >= 0.3 is 0 Å². The molecule has 3 aromatic carbocycles. The maximum Gasteiger partial charge on any atom is 0.251 e. The maximum atomic E-state index is 13.4. The van der Waals surface area contributed by atoms with Crippen LogP contribution in [0.3, 0.4) is 0 Å². The molecular weight excluding hydrogens is 424 g/mol. The van der Waals surface area contributed by atoms with Gasteiger partial charge in [-0.25, -0.2) is 4.98 Å². The number of imidazole rings is 1. The highest BCUT2D eigenvalue weighted by Gasteiger charge is 2.21. The molecule has 0 aliphatic carbocycles. The number of nitrogens with one attached hydrogen (secondary N) is 1. The van der Waals surface area contributed by atoms with E-state index in [1.807, 2.05) is 103 Å². The number of fused-ring (bicyclic) bond motifs is 1. The smallest absolute Gasteiger partial charge is 0.251 e. The van der Waals surface area contributed by atoms with Crippen LogP contribution < -0.4 is 5.32 Å². The molecule has 0 aliphatic rings. The number of carbonyl (C=O) groups excluding carboxylic acids is 2. The van der Waals surface area contributed by atoms with Crippen LogP contribution in [0.4, 0.5) is 0 Å². The molecule has 34 heavy (non-hydrogen) atoms. The van der Waals surface area contributed by atoms with E-state index < -0.39 is 0 Å². The number of benzene rings is 3. The first-order chi connectivity index (χ1) is 16.4. The van der Waals surface area contributed by atoms with Crippen molar-refractivity contribution in [3.8, 4) is 0 Å². The van der Waals surface area contributed by atoms with Crippen LogP contribution in [-0.4, -0.2) is 32.3 Å². The topological polar surface area (TPSA) is 67.2 Å². The molecule has 1 aromatic heterocycles. The summed E-state index contributed by atoms with van der Waals surface area (Å²) in [4.78, 5) is 32.8. The van der Waals surface area contributed by atoms with E-state index in [4.69, 9.17) is 4.98 Å². The Bertz CT molecular complexity index is 1290. The van der Waals surface area contributed by atoms with Gasteiger partial charge < -0.3 is 14.8 Å². The lowest BCUT2D eigenvalue weighted by Gasteiger charge is -2.27. The zero-order valence-corrected chi connectivity index (χ0v) is 19.9. The quantitative estimate of drug-likeness (QED) is 0.419. The zero-order chi connectivity index (χ0) is 24.1. The van der Waals surface area contributed by atoms with Gasteiger partial charge in [-0.2, -0.15) is 0 Å². The summed E-state index contributed by atoms with van der Waals surface area (Å²) in [7, 11) is 0. The van der Waals surface area contributed by atoms with Gasteiger partial charge in [-0.15, -0.1) is 0 Å². The Morgan fingerprint density at radius 2 is 1.62 bits per heavy atom. The Balaban J connectivity index is 1.57. The molecule has 0 spiro atoms. The number of nitrogens with zero attached hydrogens (tertiary/aromatic N) is 3. The zero-order valence-electron chi connectivity index (χ0n) is 19.9. The first-order valence-corrected chi connectivity index (χ1v) is 11.6. The van der Waals surface area contributed by atoms with Crippen LogP contribution in [0.5, 0.6) is 0 Å². The standard InChI is InChI=1S/C28H30N4O2/c1-20(2)31(18-22-12-5-4-6-13-22)27(33)19-32-25-16-10-9-15-24(25)30-26(32)17-29-28(34)23-14-8-7-11-21(23)3/h4-16,20H,17-19H2,1-3H3,(H,29,34).